The first kappa shape index (κ1) is 27.3. The Labute approximate surface area is 251 Å². The summed E-state index contributed by atoms with van der Waals surface area (Å²) < 4.78 is 20.5. The lowest BCUT2D eigenvalue weighted by Gasteiger charge is -2.36. The lowest BCUT2D eigenvalue weighted by Crippen LogP contribution is -2.47. The molecule has 0 bridgehead atoms. The van der Waals surface area contributed by atoms with Gasteiger partial charge < -0.3 is 19.9 Å². The van der Waals surface area contributed by atoms with Crippen LogP contribution in [0.2, 0.25) is 0 Å². The highest BCUT2D eigenvalue weighted by molar-refractivity contribution is 8.14. The summed E-state index contributed by atoms with van der Waals surface area (Å²) in [6.07, 6.45) is 6.03. The molecule has 2 N–H and O–H groups in total. The van der Waals surface area contributed by atoms with Crippen LogP contribution in [0.15, 0.2) is 77.8 Å². The van der Waals surface area contributed by atoms with Gasteiger partial charge in [0.25, 0.3) is 0 Å². The second-order valence-corrected chi connectivity index (χ2v) is 12.6. The monoisotopic (exact) mass is 583 g/mol. The van der Waals surface area contributed by atoms with Crippen molar-refractivity contribution >= 4 is 39.1 Å². The number of hydrogen-bond acceptors (Lipinski definition) is 6. The van der Waals surface area contributed by atoms with Gasteiger partial charge in [0.2, 0.25) is 0 Å². The smallest absolute Gasteiger partial charge is 0.146 e. The molecule has 218 valence electrons. The van der Waals surface area contributed by atoms with Gasteiger partial charge in [-0.15, -0.1) is 11.8 Å². The maximum absolute atomic E-state index is 14.2. The third kappa shape index (κ3) is 6.15. The fraction of sp³-hybridized carbons (Fsp3) is 0.382. The number of para-hydroxylation sites is 2. The molecule has 3 aliphatic rings. The molecule has 0 spiro atoms. The molecule has 6 nitrogen and oxygen atoms in total. The van der Waals surface area contributed by atoms with Crippen LogP contribution in [0.3, 0.4) is 0 Å². The van der Waals surface area contributed by atoms with Gasteiger partial charge in [-0.25, -0.2) is 4.39 Å². The number of hydrogen-bond donors (Lipinski definition) is 2. The van der Waals surface area contributed by atoms with Crippen LogP contribution in [0.4, 0.5) is 15.8 Å². The molecule has 3 heterocycles. The van der Waals surface area contributed by atoms with E-state index in [4.69, 9.17) is 9.73 Å². The Morgan fingerprint density at radius 2 is 1.71 bits per heavy atom. The van der Waals surface area contributed by atoms with E-state index in [1.165, 1.54) is 25.7 Å². The molecule has 3 aromatic carbocycles. The van der Waals surface area contributed by atoms with Crippen molar-refractivity contribution in [1.82, 2.24) is 9.88 Å². The molecule has 0 unspecified atom stereocenters. The minimum absolute atomic E-state index is 0.130. The standard InChI is InChI=1S/C34H38FN5OS/c35-29-12-6-7-13-32(29)40-18-16-39(17-19-40)15-14-26-23-42-34(37-26)31-21-24-20-28(41-27-10-2-1-3-11-27)22-30(33(24)38-31)36-25-8-4-5-9-25/h1-3,6-7,10-13,20-22,25-26,36,38H,4-5,8-9,14-19,23H2/t26-/m0/s1. The third-order valence-corrected chi connectivity index (χ3v) is 9.83. The van der Waals surface area contributed by atoms with E-state index in [9.17, 15) is 4.39 Å². The molecular weight excluding hydrogens is 545 g/mol. The zero-order valence-corrected chi connectivity index (χ0v) is 24.7. The van der Waals surface area contributed by atoms with Crippen molar-refractivity contribution < 1.29 is 9.13 Å². The first-order chi connectivity index (χ1) is 20.7. The van der Waals surface area contributed by atoms with E-state index < -0.39 is 0 Å². The molecule has 1 saturated heterocycles. The Bertz CT molecular complexity index is 1540. The first-order valence-electron chi connectivity index (χ1n) is 15.3. The Kier molecular flexibility index (Phi) is 8.07. The van der Waals surface area contributed by atoms with Crippen molar-refractivity contribution in [3.63, 3.8) is 0 Å². The Hall–Kier alpha value is -3.49. The van der Waals surface area contributed by atoms with Crippen molar-refractivity contribution in [2.75, 3.05) is 48.7 Å². The molecule has 1 aromatic heterocycles. The van der Waals surface area contributed by atoms with E-state index >= 15 is 0 Å². The van der Waals surface area contributed by atoms with E-state index in [1.54, 1.807) is 12.1 Å². The highest BCUT2D eigenvalue weighted by atomic mass is 32.2. The number of anilines is 2. The molecule has 1 atom stereocenters. The lowest BCUT2D eigenvalue weighted by molar-refractivity contribution is 0.250. The molecule has 0 amide bonds. The fourth-order valence-electron chi connectivity index (χ4n) is 6.38. The molecule has 4 aromatic rings. The number of ether oxygens (including phenoxy) is 1. The SMILES string of the molecule is Fc1ccccc1N1CCN(CC[C@H]2CSC(c3cc4cc(Oc5ccccc5)cc(NC5CCCC5)c4[nH]3)=N2)CC1. The highest BCUT2D eigenvalue weighted by Crippen LogP contribution is 2.36. The summed E-state index contributed by atoms with van der Waals surface area (Å²) in [5.74, 6) is 2.56. The average molecular weight is 584 g/mol. The van der Waals surface area contributed by atoms with Crippen molar-refractivity contribution in [2.45, 2.75) is 44.2 Å². The fourth-order valence-corrected chi connectivity index (χ4v) is 7.46. The molecule has 42 heavy (non-hydrogen) atoms. The van der Waals surface area contributed by atoms with Gasteiger partial charge >= 0.3 is 0 Å². The molecule has 1 saturated carbocycles. The second-order valence-electron chi connectivity index (χ2n) is 11.6. The van der Waals surface area contributed by atoms with Gasteiger partial charge in [-0.2, -0.15) is 0 Å². The number of rotatable bonds is 9. The summed E-state index contributed by atoms with van der Waals surface area (Å²) in [5.41, 5.74) is 4.03. The summed E-state index contributed by atoms with van der Waals surface area (Å²) >= 11 is 1.85. The van der Waals surface area contributed by atoms with Crippen LogP contribution in [-0.2, 0) is 0 Å². The summed E-state index contributed by atoms with van der Waals surface area (Å²) in [7, 11) is 0. The number of piperazine rings is 1. The Morgan fingerprint density at radius 1 is 0.929 bits per heavy atom. The summed E-state index contributed by atoms with van der Waals surface area (Å²) in [6.45, 7) is 4.65. The topological polar surface area (TPSA) is 55.9 Å². The first-order valence-corrected chi connectivity index (χ1v) is 16.3. The minimum Gasteiger partial charge on any atom is -0.457 e. The number of halogens is 1. The molecule has 8 heteroatoms. The maximum atomic E-state index is 14.2. The lowest BCUT2D eigenvalue weighted by atomic mass is 10.1. The van der Waals surface area contributed by atoms with Crippen LogP contribution in [0.5, 0.6) is 11.5 Å². The molecule has 1 aliphatic carbocycles. The van der Waals surface area contributed by atoms with Gasteiger partial charge in [0.15, 0.2) is 0 Å². The predicted octanol–water partition coefficient (Wildman–Crippen LogP) is 7.53. The largest absolute Gasteiger partial charge is 0.457 e. The van der Waals surface area contributed by atoms with E-state index in [1.807, 2.05) is 54.2 Å². The van der Waals surface area contributed by atoms with E-state index in [0.717, 1.165) is 89.4 Å². The van der Waals surface area contributed by atoms with Crippen molar-refractivity contribution in [3.8, 4) is 11.5 Å². The van der Waals surface area contributed by atoms with Gasteiger partial charge in [-0.05, 0) is 55.7 Å². The van der Waals surface area contributed by atoms with Crippen LogP contribution in [0.1, 0.15) is 37.8 Å². The minimum atomic E-state index is -0.130. The number of thioether (sulfide) groups is 1. The van der Waals surface area contributed by atoms with Crippen LogP contribution in [-0.4, -0.2) is 65.5 Å². The van der Waals surface area contributed by atoms with E-state index in [0.29, 0.717) is 12.1 Å². The van der Waals surface area contributed by atoms with Crippen molar-refractivity contribution in [3.05, 3.63) is 84.3 Å². The number of aromatic amines is 1. The van der Waals surface area contributed by atoms with Crippen molar-refractivity contribution in [1.29, 1.82) is 0 Å². The molecular formula is C34H38FN5OS. The average Bonchev–Trinajstić information content (AvgIpc) is 3.79. The maximum Gasteiger partial charge on any atom is 0.146 e. The van der Waals surface area contributed by atoms with Gasteiger partial charge in [-0.3, -0.25) is 9.89 Å². The highest BCUT2D eigenvalue weighted by Gasteiger charge is 2.25. The van der Waals surface area contributed by atoms with Crippen molar-refractivity contribution in [2.24, 2.45) is 4.99 Å². The second kappa shape index (κ2) is 12.4. The number of nitrogens with one attached hydrogen (secondary N) is 2. The number of fused-ring (bicyclic) bond motifs is 1. The number of H-pyrrole nitrogens is 1. The third-order valence-electron chi connectivity index (χ3n) is 8.68. The van der Waals surface area contributed by atoms with E-state index in [2.05, 4.69) is 38.3 Å². The Balaban J connectivity index is 1.02. The van der Waals surface area contributed by atoms with Gasteiger partial charge in [-0.1, -0.05) is 43.2 Å². The number of aromatic nitrogens is 1. The van der Waals surface area contributed by atoms with Gasteiger partial charge in [0, 0.05) is 56.0 Å². The number of nitrogens with zero attached hydrogens (tertiary/aromatic N) is 3. The Morgan fingerprint density at radius 3 is 2.52 bits per heavy atom. The van der Waals surface area contributed by atoms with Gasteiger partial charge in [0.1, 0.15) is 22.4 Å². The summed E-state index contributed by atoms with van der Waals surface area (Å²) in [4.78, 5) is 13.5. The van der Waals surface area contributed by atoms with Crippen LogP contribution >= 0.6 is 11.8 Å². The zero-order chi connectivity index (χ0) is 28.3. The molecule has 7 rings (SSSR count). The molecule has 0 radical (unpaired) electrons. The zero-order valence-electron chi connectivity index (χ0n) is 23.9. The quantitative estimate of drug-likeness (QED) is 0.213. The predicted molar refractivity (Wildman–Crippen MR) is 173 cm³/mol. The van der Waals surface area contributed by atoms with Crippen LogP contribution < -0.4 is 15.0 Å². The van der Waals surface area contributed by atoms with E-state index in [-0.39, 0.29) is 5.82 Å². The molecule has 2 fully saturated rings. The van der Waals surface area contributed by atoms with Crippen LogP contribution in [0.25, 0.3) is 10.9 Å². The van der Waals surface area contributed by atoms with Crippen LogP contribution in [0, 0.1) is 5.82 Å². The number of benzene rings is 3. The summed E-state index contributed by atoms with van der Waals surface area (Å²) in [6, 6.07) is 24.4. The summed E-state index contributed by atoms with van der Waals surface area (Å²) in [5, 5.41) is 6.04. The normalized spacial score (nSPS) is 19.9. The van der Waals surface area contributed by atoms with Gasteiger partial charge in [0.05, 0.1) is 28.6 Å². The number of aliphatic imine (C=N–C) groups is 1. The molecule has 2 aliphatic heterocycles.